The third kappa shape index (κ3) is 4.95. The van der Waals surface area contributed by atoms with E-state index in [1.165, 1.54) is 11.8 Å². The molecule has 0 radical (unpaired) electrons. The van der Waals surface area contributed by atoms with E-state index >= 15 is 0 Å². The zero-order chi connectivity index (χ0) is 14.4. The zero-order valence-electron chi connectivity index (χ0n) is 11.3. The standard InChI is InChI=1S/C14H19NO3S/c1-9(2)13(14(17)18)15-12(16)8-19-11-7-5-4-6-10(11)3/h4-7,9,13H,8H2,1-3H3,(H,15,16)(H,17,18). The Hall–Kier alpha value is -1.49. The number of aryl methyl sites for hydroxylation is 1. The molecule has 2 N–H and O–H groups in total. The van der Waals surface area contributed by atoms with Crippen molar-refractivity contribution in [3.05, 3.63) is 29.8 Å². The minimum atomic E-state index is -0.996. The molecule has 0 aromatic heterocycles. The third-order valence-corrected chi connectivity index (χ3v) is 3.88. The van der Waals surface area contributed by atoms with E-state index in [1.54, 1.807) is 13.8 Å². The number of aliphatic carboxylic acids is 1. The first-order valence-electron chi connectivity index (χ1n) is 6.12. The Kier molecular flexibility index (Phi) is 5.89. The number of carbonyl (C=O) groups is 2. The van der Waals surface area contributed by atoms with E-state index in [9.17, 15) is 9.59 Å². The molecule has 0 aliphatic heterocycles. The highest BCUT2D eigenvalue weighted by atomic mass is 32.2. The van der Waals surface area contributed by atoms with E-state index in [4.69, 9.17) is 5.11 Å². The van der Waals surface area contributed by atoms with Gasteiger partial charge in [0.15, 0.2) is 0 Å². The highest BCUT2D eigenvalue weighted by Gasteiger charge is 2.23. The summed E-state index contributed by atoms with van der Waals surface area (Å²) in [6.45, 7) is 5.52. The number of carbonyl (C=O) groups excluding carboxylic acids is 1. The van der Waals surface area contributed by atoms with Crippen LogP contribution in [-0.2, 0) is 9.59 Å². The van der Waals surface area contributed by atoms with E-state index < -0.39 is 12.0 Å². The van der Waals surface area contributed by atoms with Gasteiger partial charge >= 0.3 is 5.97 Å². The Morgan fingerprint density at radius 1 is 1.32 bits per heavy atom. The lowest BCUT2D eigenvalue weighted by Gasteiger charge is -2.17. The third-order valence-electron chi connectivity index (χ3n) is 2.70. The Bertz CT molecular complexity index is 460. The predicted molar refractivity (Wildman–Crippen MR) is 76.3 cm³/mol. The van der Waals surface area contributed by atoms with Crippen LogP contribution in [0, 0.1) is 12.8 Å². The monoisotopic (exact) mass is 281 g/mol. The average molecular weight is 281 g/mol. The van der Waals surface area contributed by atoms with Gasteiger partial charge in [-0.15, -0.1) is 11.8 Å². The number of hydrogen-bond acceptors (Lipinski definition) is 3. The van der Waals surface area contributed by atoms with Crippen LogP contribution in [0.15, 0.2) is 29.2 Å². The molecular formula is C14H19NO3S. The van der Waals surface area contributed by atoms with Gasteiger partial charge in [0.1, 0.15) is 6.04 Å². The van der Waals surface area contributed by atoms with Crippen molar-refractivity contribution >= 4 is 23.6 Å². The van der Waals surface area contributed by atoms with Crippen molar-refractivity contribution in [1.82, 2.24) is 5.32 Å². The van der Waals surface area contributed by atoms with Crippen molar-refractivity contribution < 1.29 is 14.7 Å². The van der Waals surface area contributed by atoms with E-state index in [0.717, 1.165) is 10.5 Å². The van der Waals surface area contributed by atoms with Crippen LogP contribution in [0.2, 0.25) is 0 Å². The van der Waals surface area contributed by atoms with Crippen molar-refractivity contribution in [1.29, 1.82) is 0 Å². The number of amides is 1. The fourth-order valence-electron chi connectivity index (χ4n) is 1.59. The van der Waals surface area contributed by atoms with Crippen molar-refractivity contribution in [2.75, 3.05) is 5.75 Å². The fourth-order valence-corrected chi connectivity index (χ4v) is 2.43. The summed E-state index contributed by atoms with van der Waals surface area (Å²) in [5, 5.41) is 11.5. The molecule has 0 bridgehead atoms. The molecule has 19 heavy (non-hydrogen) atoms. The summed E-state index contributed by atoms with van der Waals surface area (Å²) < 4.78 is 0. The van der Waals surface area contributed by atoms with Gasteiger partial charge in [-0.1, -0.05) is 32.0 Å². The van der Waals surface area contributed by atoms with Crippen molar-refractivity contribution in [2.24, 2.45) is 5.92 Å². The number of thioether (sulfide) groups is 1. The maximum atomic E-state index is 11.8. The van der Waals surface area contributed by atoms with Crippen LogP contribution in [0.25, 0.3) is 0 Å². The Morgan fingerprint density at radius 2 is 1.95 bits per heavy atom. The second-order valence-electron chi connectivity index (χ2n) is 4.68. The lowest BCUT2D eigenvalue weighted by molar-refractivity contribution is -0.142. The van der Waals surface area contributed by atoms with Crippen LogP contribution in [0.1, 0.15) is 19.4 Å². The highest BCUT2D eigenvalue weighted by molar-refractivity contribution is 8.00. The molecule has 1 aromatic carbocycles. The fraction of sp³-hybridized carbons (Fsp3) is 0.429. The number of benzene rings is 1. The van der Waals surface area contributed by atoms with Gasteiger partial charge in [-0.2, -0.15) is 0 Å². The molecule has 1 aromatic rings. The summed E-state index contributed by atoms with van der Waals surface area (Å²) in [6.07, 6.45) is 0. The summed E-state index contributed by atoms with van der Waals surface area (Å²) >= 11 is 1.42. The number of carboxylic acid groups (broad SMARTS) is 1. The van der Waals surface area contributed by atoms with Crippen molar-refractivity contribution in [3.63, 3.8) is 0 Å². The van der Waals surface area contributed by atoms with Gasteiger partial charge in [0.25, 0.3) is 0 Å². The number of nitrogens with one attached hydrogen (secondary N) is 1. The molecule has 1 unspecified atom stereocenters. The maximum absolute atomic E-state index is 11.8. The smallest absolute Gasteiger partial charge is 0.326 e. The maximum Gasteiger partial charge on any atom is 0.326 e. The second-order valence-corrected chi connectivity index (χ2v) is 5.70. The second kappa shape index (κ2) is 7.19. The molecule has 0 saturated carbocycles. The van der Waals surface area contributed by atoms with Gasteiger partial charge in [-0.3, -0.25) is 4.79 Å². The lowest BCUT2D eigenvalue weighted by atomic mass is 10.1. The van der Waals surface area contributed by atoms with Gasteiger partial charge in [0.2, 0.25) is 5.91 Å². The first-order valence-corrected chi connectivity index (χ1v) is 7.11. The van der Waals surface area contributed by atoms with E-state index in [-0.39, 0.29) is 17.6 Å². The highest BCUT2D eigenvalue weighted by Crippen LogP contribution is 2.21. The molecule has 0 fully saturated rings. The van der Waals surface area contributed by atoms with Gasteiger partial charge in [0.05, 0.1) is 5.75 Å². The largest absolute Gasteiger partial charge is 0.480 e. The van der Waals surface area contributed by atoms with Gasteiger partial charge in [0, 0.05) is 4.90 Å². The summed E-state index contributed by atoms with van der Waals surface area (Å²) in [5.74, 6) is -1.16. The first kappa shape index (κ1) is 15.6. The molecule has 0 spiro atoms. The van der Waals surface area contributed by atoms with Crippen LogP contribution in [0.4, 0.5) is 0 Å². The quantitative estimate of drug-likeness (QED) is 0.785. The van der Waals surface area contributed by atoms with Crippen LogP contribution in [-0.4, -0.2) is 28.8 Å². The lowest BCUT2D eigenvalue weighted by Crippen LogP contribution is -2.45. The van der Waals surface area contributed by atoms with Crippen LogP contribution in [0.3, 0.4) is 0 Å². The molecule has 0 heterocycles. The summed E-state index contributed by atoms with van der Waals surface area (Å²) in [7, 11) is 0. The first-order chi connectivity index (χ1) is 8.91. The normalized spacial score (nSPS) is 12.2. The SMILES string of the molecule is Cc1ccccc1SCC(=O)NC(C(=O)O)C(C)C. The topological polar surface area (TPSA) is 66.4 Å². The zero-order valence-corrected chi connectivity index (χ0v) is 12.2. The van der Waals surface area contributed by atoms with E-state index in [1.807, 2.05) is 31.2 Å². The molecule has 0 aliphatic carbocycles. The van der Waals surface area contributed by atoms with Gasteiger partial charge in [-0.25, -0.2) is 4.79 Å². The Morgan fingerprint density at radius 3 is 2.47 bits per heavy atom. The molecule has 4 nitrogen and oxygen atoms in total. The Balaban J connectivity index is 2.52. The number of rotatable bonds is 6. The molecule has 1 amide bonds. The summed E-state index contributed by atoms with van der Waals surface area (Å²) in [6, 6.07) is 6.96. The average Bonchev–Trinajstić information content (AvgIpc) is 2.34. The molecule has 5 heteroatoms. The number of hydrogen-bond donors (Lipinski definition) is 2. The van der Waals surface area contributed by atoms with Crippen molar-refractivity contribution in [3.8, 4) is 0 Å². The van der Waals surface area contributed by atoms with E-state index in [0.29, 0.717) is 0 Å². The number of carboxylic acids is 1. The molecule has 1 rings (SSSR count). The van der Waals surface area contributed by atoms with Crippen molar-refractivity contribution in [2.45, 2.75) is 31.7 Å². The Labute approximate surface area is 117 Å². The van der Waals surface area contributed by atoms with Gasteiger partial charge < -0.3 is 10.4 Å². The van der Waals surface area contributed by atoms with Crippen LogP contribution >= 0.6 is 11.8 Å². The molecule has 0 aliphatic rings. The van der Waals surface area contributed by atoms with Crippen LogP contribution in [0.5, 0.6) is 0 Å². The summed E-state index contributed by atoms with van der Waals surface area (Å²) in [4.78, 5) is 23.8. The predicted octanol–water partition coefficient (Wildman–Crippen LogP) is 2.31. The molecular weight excluding hydrogens is 262 g/mol. The molecule has 104 valence electrons. The minimum absolute atomic E-state index is 0.134. The van der Waals surface area contributed by atoms with Gasteiger partial charge in [-0.05, 0) is 24.5 Å². The van der Waals surface area contributed by atoms with Crippen LogP contribution < -0.4 is 5.32 Å². The molecule has 1 atom stereocenters. The molecule has 0 saturated heterocycles. The minimum Gasteiger partial charge on any atom is -0.480 e. The van der Waals surface area contributed by atoms with E-state index in [2.05, 4.69) is 5.32 Å². The summed E-state index contributed by atoms with van der Waals surface area (Å²) in [5.41, 5.74) is 1.11.